The number of halogens is 2. The minimum absolute atomic E-state index is 0.125. The standard InChI is InChI=1S/C13H10F2N4/c14-10-4-5-11(15)9(7-10)8-16-13-17-12-3-1-2-6-19(12)18-13/h1-7H,8H2,(H,16,18). The Bertz CT molecular complexity index is 690. The fourth-order valence-corrected chi connectivity index (χ4v) is 1.76. The van der Waals surface area contributed by atoms with Crippen LogP contribution in [0.1, 0.15) is 5.56 Å². The van der Waals surface area contributed by atoms with Crippen molar-refractivity contribution in [3.05, 3.63) is 59.8 Å². The SMILES string of the molecule is Fc1ccc(F)c(CNc2nc3ccccn3n2)c1. The number of hydrogen-bond acceptors (Lipinski definition) is 3. The van der Waals surface area contributed by atoms with Crippen LogP contribution in [0.4, 0.5) is 14.7 Å². The van der Waals surface area contributed by atoms with Gasteiger partial charge in [0, 0.05) is 18.3 Å². The summed E-state index contributed by atoms with van der Waals surface area (Å²) in [5, 5.41) is 7.03. The van der Waals surface area contributed by atoms with Crippen LogP contribution in [0.2, 0.25) is 0 Å². The van der Waals surface area contributed by atoms with E-state index >= 15 is 0 Å². The van der Waals surface area contributed by atoms with Crippen molar-refractivity contribution in [1.29, 1.82) is 0 Å². The molecule has 0 saturated carbocycles. The van der Waals surface area contributed by atoms with E-state index in [1.165, 1.54) is 0 Å². The Labute approximate surface area is 107 Å². The highest BCUT2D eigenvalue weighted by molar-refractivity contribution is 5.43. The average molecular weight is 260 g/mol. The first-order valence-electron chi connectivity index (χ1n) is 5.71. The Morgan fingerprint density at radius 1 is 1.16 bits per heavy atom. The molecule has 1 N–H and O–H groups in total. The molecule has 0 aliphatic heterocycles. The minimum Gasteiger partial charge on any atom is -0.349 e. The summed E-state index contributed by atoms with van der Waals surface area (Å²) in [6, 6.07) is 8.82. The van der Waals surface area contributed by atoms with Gasteiger partial charge in [-0.1, -0.05) is 6.07 Å². The van der Waals surface area contributed by atoms with Crippen LogP contribution < -0.4 is 5.32 Å². The number of nitrogens with zero attached hydrogens (tertiary/aromatic N) is 3. The number of benzene rings is 1. The molecule has 6 heteroatoms. The van der Waals surface area contributed by atoms with E-state index in [2.05, 4.69) is 15.4 Å². The largest absolute Gasteiger partial charge is 0.349 e. The summed E-state index contributed by atoms with van der Waals surface area (Å²) < 4.78 is 28.0. The van der Waals surface area contributed by atoms with Gasteiger partial charge in [-0.15, -0.1) is 5.10 Å². The van der Waals surface area contributed by atoms with Gasteiger partial charge in [-0.05, 0) is 30.3 Å². The molecule has 2 aromatic heterocycles. The number of hydrogen-bond donors (Lipinski definition) is 1. The average Bonchev–Trinajstić information content (AvgIpc) is 2.82. The lowest BCUT2D eigenvalue weighted by Gasteiger charge is -2.03. The predicted molar refractivity (Wildman–Crippen MR) is 66.7 cm³/mol. The van der Waals surface area contributed by atoms with E-state index in [0.717, 1.165) is 18.2 Å². The third-order valence-corrected chi connectivity index (χ3v) is 2.69. The lowest BCUT2D eigenvalue weighted by Crippen LogP contribution is -2.03. The summed E-state index contributed by atoms with van der Waals surface area (Å²) in [5.41, 5.74) is 0.920. The van der Waals surface area contributed by atoms with Gasteiger partial charge in [-0.25, -0.2) is 13.3 Å². The Kier molecular flexibility index (Phi) is 2.83. The highest BCUT2D eigenvalue weighted by atomic mass is 19.1. The lowest BCUT2D eigenvalue weighted by atomic mass is 10.2. The van der Waals surface area contributed by atoms with Crippen molar-refractivity contribution >= 4 is 11.6 Å². The summed E-state index contributed by atoms with van der Waals surface area (Å²) >= 11 is 0. The van der Waals surface area contributed by atoms with Gasteiger partial charge in [0.2, 0.25) is 5.95 Å². The first-order valence-corrected chi connectivity index (χ1v) is 5.71. The lowest BCUT2D eigenvalue weighted by molar-refractivity contribution is 0.587. The van der Waals surface area contributed by atoms with E-state index < -0.39 is 11.6 Å². The maximum Gasteiger partial charge on any atom is 0.243 e. The smallest absolute Gasteiger partial charge is 0.243 e. The van der Waals surface area contributed by atoms with Crippen LogP contribution in [-0.2, 0) is 6.54 Å². The zero-order valence-corrected chi connectivity index (χ0v) is 9.85. The molecule has 1 aromatic carbocycles. The molecule has 3 rings (SSSR count). The summed E-state index contributed by atoms with van der Waals surface area (Å²) in [4.78, 5) is 4.20. The maximum atomic E-state index is 13.4. The number of aromatic nitrogens is 3. The predicted octanol–water partition coefficient (Wildman–Crippen LogP) is 2.62. The molecule has 3 aromatic rings. The zero-order chi connectivity index (χ0) is 13.2. The molecular weight excluding hydrogens is 250 g/mol. The molecule has 0 fully saturated rings. The molecule has 0 spiro atoms. The van der Waals surface area contributed by atoms with Crippen LogP contribution in [-0.4, -0.2) is 14.6 Å². The normalized spacial score (nSPS) is 10.8. The second-order valence-corrected chi connectivity index (χ2v) is 4.03. The van der Waals surface area contributed by atoms with Crippen molar-refractivity contribution in [2.75, 3.05) is 5.32 Å². The molecule has 0 aliphatic carbocycles. The van der Waals surface area contributed by atoms with Gasteiger partial charge in [-0.3, -0.25) is 0 Å². The molecule has 0 bridgehead atoms. The summed E-state index contributed by atoms with van der Waals surface area (Å²) in [6.07, 6.45) is 1.76. The van der Waals surface area contributed by atoms with E-state index in [1.54, 1.807) is 16.8 Å². The van der Waals surface area contributed by atoms with E-state index in [-0.39, 0.29) is 12.1 Å². The van der Waals surface area contributed by atoms with E-state index in [1.807, 2.05) is 12.1 Å². The van der Waals surface area contributed by atoms with Gasteiger partial charge in [0.05, 0.1) is 0 Å². The summed E-state index contributed by atoms with van der Waals surface area (Å²) in [6.45, 7) is 0.125. The van der Waals surface area contributed by atoms with Gasteiger partial charge < -0.3 is 5.32 Å². The molecule has 96 valence electrons. The van der Waals surface area contributed by atoms with Gasteiger partial charge in [0.1, 0.15) is 11.6 Å². The number of rotatable bonds is 3. The van der Waals surface area contributed by atoms with Crippen LogP contribution in [0.25, 0.3) is 5.65 Å². The number of pyridine rings is 1. The van der Waals surface area contributed by atoms with Crippen LogP contribution in [0.5, 0.6) is 0 Å². The Morgan fingerprint density at radius 2 is 2.05 bits per heavy atom. The highest BCUT2D eigenvalue weighted by Gasteiger charge is 2.06. The van der Waals surface area contributed by atoms with Crippen molar-refractivity contribution in [2.45, 2.75) is 6.54 Å². The van der Waals surface area contributed by atoms with Gasteiger partial charge in [-0.2, -0.15) is 4.98 Å². The molecule has 2 heterocycles. The van der Waals surface area contributed by atoms with Gasteiger partial charge in [0.15, 0.2) is 5.65 Å². The monoisotopic (exact) mass is 260 g/mol. The molecule has 4 nitrogen and oxygen atoms in total. The van der Waals surface area contributed by atoms with E-state index in [4.69, 9.17) is 0 Å². The first kappa shape index (κ1) is 11.6. The molecule has 0 saturated heterocycles. The number of anilines is 1. The fraction of sp³-hybridized carbons (Fsp3) is 0.0769. The molecule has 19 heavy (non-hydrogen) atoms. The summed E-state index contributed by atoms with van der Waals surface area (Å²) in [7, 11) is 0. The second kappa shape index (κ2) is 4.64. The Balaban J connectivity index is 1.80. The summed E-state index contributed by atoms with van der Waals surface area (Å²) in [5.74, 6) is -0.561. The van der Waals surface area contributed by atoms with Crippen molar-refractivity contribution in [1.82, 2.24) is 14.6 Å². The number of nitrogens with one attached hydrogen (secondary N) is 1. The highest BCUT2D eigenvalue weighted by Crippen LogP contribution is 2.12. The van der Waals surface area contributed by atoms with E-state index in [0.29, 0.717) is 11.6 Å². The molecule has 0 atom stereocenters. The molecule has 0 radical (unpaired) electrons. The topological polar surface area (TPSA) is 42.2 Å². The van der Waals surface area contributed by atoms with Crippen LogP contribution in [0.3, 0.4) is 0 Å². The van der Waals surface area contributed by atoms with Gasteiger partial charge >= 0.3 is 0 Å². The molecular formula is C13H10F2N4. The van der Waals surface area contributed by atoms with E-state index in [9.17, 15) is 8.78 Å². The third kappa shape index (κ3) is 2.37. The molecule has 0 unspecified atom stereocenters. The van der Waals surface area contributed by atoms with Crippen molar-refractivity contribution in [3.8, 4) is 0 Å². The Morgan fingerprint density at radius 3 is 2.89 bits per heavy atom. The van der Waals surface area contributed by atoms with Crippen molar-refractivity contribution in [2.24, 2.45) is 0 Å². The quantitative estimate of drug-likeness (QED) is 0.787. The Hall–Kier alpha value is -2.50. The van der Waals surface area contributed by atoms with Crippen LogP contribution in [0, 0.1) is 11.6 Å². The van der Waals surface area contributed by atoms with Crippen LogP contribution >= 0.6 is 0 Å². The molecule has 0 aliphatic rings. The first-order chi connectivity index (χ1) is 9.22. The van der Waals surface area contributed by atoms with Crippen molar-refractivity contribution in [3.63, 3.8) is 0 Å². The third-order valence-electron chi connectivity index (χ3n) is 2.69. The number of fused-ring (bicyclic) bond motifs is 1. The minimum atomic E-state index is -0.471. The maximum absolute atomic E-state index is 13.4. The van der Waals surface area contributed by atoms with Crippen molar-refractivity contribution < 1.29 is 8.78 Å². The fourth-order valence-electron chi connectivity index (χ4n) is 1.76. The zero-order valence-electron chi connectivity index (χ0n) is 9.85. The van der Waals surface area contributed by atoms with Crippen LogP contribution in [0.15, 0.2) is 42.6 Å². The molecule has 0 amide bonds. The van der Waals surface area contributed by atoms with Gasteiger partial charge in [0.25, 0.3) is 0 Å². The second-order valence-electron chi connectivity index (χ2n) is 4.03.